The van der Waals surface area contributed by atoms with Crippen molar-refractivity contribution >= 4 is 11.6 Å². The van der Waals surface area contributed by atoms with Gasteiger partial charge in [0.25, 0.3) is 0 Å². The molecule has 1 aromatic carbocycles. The second-order valence-corrected chi connectivity index (χ2v) is 6.22. The minimum atomic E-state index is -0.942. The van der Waals surface area contributed by atoms with E-state index in [4.69, 9.17) is 0 Å². The van der Waals surface area contributed by atoms with Crippen LogP contribution in [0.3, 0.4) is 0 Å². The van der Waals surface area contributed by atoms with Crippen LogP contribution in [0, 0.1) is 5.82 Å². The van der Waals surface area contributed by atoms with Crippen molar-refractivity contribution in [2.45, 2.75) is 18.4 Å². The van der Waals surface area contributed by atoms with E-state index >= 15 is 0 Å². The summed E-state index contributed by atoms with van der Waals surface area (Å²) in [5, 5.41) is 13.5. The van der Waals surface area contributed by atoms with E-state index in [0.717, 1.165) is 0 Å². The van der Waals surface area contributed by atoms with E-state index in [1.807, 2.05) is 22.7 Å². The largest absolute Gasteiger partial charge is 0.382 e. The highest BCUT2D eigenvalue weighted by atomic mass is 19.1. The fourth-order valence-electron chi connectivity index (χ4n) is 3.06. The van der Waals surface area contributed by atoms with Crippen LogP contribution in [0.2, 0.25) is 0 Å². The van der Waals surface area contributed by atoms with Crippen LogP contribution < -0.4 is 5.32 Å². The lowest BCUT2D eigenvalue weighted by Gasteiger charge is -2.37. The van der Waals surface area contributed by atoms with Crippen LogP contribution in [-0.4, -0.2) is 45.1 Å². The van der Waals surface area contributed by atoms with Gasteiger partial charge in [-0.25, -0.2) is 9.37 Å². The number of anilines is 1. The molecule has 0 atom stereocenters. The summed E-state index contributed by atoms with van der Waals surface area (Å²) < 4.78 is 14.7. The summed E-state index contributed by atoms with van der Waals surface area (Å²) in [6.45, 7) is 1.47. The standard InChI is InChI=1S/C17H21FN4O2/c1-21-11-8-19-16(21)17(24)6-9-22(10-7-17)12-15(23)20-14-4-2-13(18)3-5-14/h2-5,8,11,24H,6-7,9-10,12H2,1H3,(H,20,23). The number of aliphatic hydroxyl groups is 1. The first kappa shape index (κ1) is 16.6. The molecule has 3 rings (SSSR count). The maximum absolute atomic E-state index is 12.9. The van der Waals surface area contributed by atoms with Gasteiger partial charge in [-0.1, -0.05) is 0 Å². The van der Waals surface area contributed by atoms with Crippen LogP contribution in [0.15, 0.2) is 36.7 Å². The summed E-state index contributed by atoms with van der Waals surface area (Å²) in [5.74, 6) is 0.180. The van der Waals surface area contributed by atoms with Gasteiger partial charge >= 0.3 is 0 Å². The number of hydrogen-bond acceptors (Lipinski definition) is 4. The number of hydrogen-bond donors (Lipinski definition) is 2. The molecule has 7 heteroatoms. The molecule has 2 aromatic rings. The highest BCUT2D eigenvalue weighted by Gasteiger charge is 2.37. The Kier molecular flexibility index (Phi) is 4.64. The molecule has 0 saturated carbocycles. The maximum Gasteiger partial charge on any atom is 0.238 e. The summed E-state index contributed by atoms with van der Waals surface area (Å²) >= 11 is 0. The van der Waals surface area contributed by atoms with Crippen molar-refractivity contribution in [3.05, 3.63) is 48.3 Å². The van der Waals surface area contributed by atoms with E-state index in [1.54, 1.807) is 6.20 Å². The third-order valence-corrected chi connectivity index (χ3v) is 4.42. The van der Waals surface area contributed by atoms with Gasteiger partial charge in [0, 0.05) is 38.2 Å². The van der Waals surface area contributed by atoms with Gasteiger partial charge in [-0.15, -0.1) is 0 Å². The SMILES string of the molecule is Cn1ccnc1C1(O)CCN(CC(=O)Nc2ccc(F)cc2)CC1. The zero-order valence-electron chi connectivity index (χ0n) is 13.6. The number of piperidine rings is 1. The zero-order valence-corrected chi connectivity index (χ0v) is 13.6. The Morgan fingerprint density at radius 2 is 2.00 bits per heavy atom. The second-order valence-electron chi connectivity index (χ2n) is 6.22. The fourth-order valence-corrected chi connectivity index (χ4v) is 3.06. The molecule has 128 valence electrons. The molecule has 0 radical (unpaired) electrons. The van der Waals surface area contributed by atoms with Crippen molar-refractivity contribution in [3.63, 3.8) is 0 Å². The minimum Gasteiger partial charge on any atom is -0.382 e. The molecule has 0 spiro atoms. The number of aryl methyl sites for hydroxylation is 1. The molecule has 24 heavy (non-hydrogen) atoms. The van der Waals surface area contributed by atoms with Crippen LogP contribution >= 0.6 is 0 Å². The average molecular weight is 332 g/mol. The first-order valence-electron chi connectivity index (χ1n) is 7.94. The van der Waals surface area contributed by atoms with Gasteiger partial charge in [-0.3, -0.25) is 9.69 Å². The number of carbonyl (C=O) groups excluding carboxylic acids is 1. The Hall–Kier alpha value is -2.25. The number of nitrogens with one attached hydrogen (secondary N) is 1. The van der Waals surface area contributed by atoms with Gasteiger partial charge in [0.1, 0.15) is 17.2 Å². The van der Waals surface area contributed by atoms with Crippen molar-refractivity contribution in [2.75, 3.05) is 25.0 Å². The summed E-state index contributed by atoms with van der Waals surface area (Å²) in [7, 11) is 1.86. The second kappa shape index (κ2) is 6.70. The van der Waals surface area contributed by atoms with Gasteiger partial charge < -0.3 is 15.0 Å². The molecule has 1 amide bonds. The zero-order chi connectivity index (χ0) is 17.2. The number of likely N-dealkylation sites (tertiary alicyclic amines) is 1. The van der Waals surface area contributed by atoms with Crippen molar-refractivity contribution in [3.8, 4) is 0 Å². The Balaban J connectivity index is 1.52. The molecular formula is C17H21FN4O2. The number of amides is 1. The van der Waals surface area contributed by atoms with Crippen molar-refractivity contribution in [2.24, 2.45) is 7.05 Å². The van der Waals surface area contributed by atoms with Gasteiger partial charge in [0.2, 0.25) is 5.91 Å². The van der Waals surface area contributed by atoms with E-state index in [2.05, 4.69) is 10.3 Å². The Morgan fingerprint density at radius 3 is 2.58 bits per heavy atom. The monoisotopic (exact) mass is 332 g/mol. The number of benzene rings is 1. The summed E-state index contributed by atoms with van der Waals surface area (Å²) in [5.41, 5.74) is -0.370. The molecule has 1 fully saturated rings. The number of halogens is 1. The van der Waals surface area contributed by atoms with Gasteiger partial charge in [0.15, 0.2) is 0 Å². The van der Waals surface area contributed by atoms with Crippen LogP contribution in [0.1, 0.15) is 18.7 Å². The van der Waals surface area contributed by atoms with Crippen molar-refractivity contribution in [1.82, 2.24) is 14.5 Å². The lowest BCUT2D eigenvalue weighted by atomic mass is 9.90. The lowest BCUT2D eigenvalue weighted by molar-refractivity contribution is -0.118. The highest BCUT2D eigenvalue weighted by Crippen LogP contribution is 2.31. The number of nitrogens with zero attached hydrogens (tertiary/aromatic N) is 3. The number of rotatable bonds is 4. The van der Waals surface area contributed by atoms with Gasteiger partial charge in [-0.2, -0.15) is 0 Å². The molecule has 1 aliphatic heterocycles. The quantitative estimate of drug-likeness (QED) is 0.890. The van der Waals surface area contributed by atoms with E-state index in [-0.39, 0.29) is 18.3 Å². The molecule has 0 aliphatic carbocycles. The van der Waals surface area contributed by atoms with Gasteiger partial charge in [0.05, 0.1) is 6.54 Å². The minimum absolute atomic E-state index is 0.149. The number of imidazole rings is 1. The lowest BCUT2D eigenvalue weighted by Crippen LogP contribution is -2.46. The topological polar surface area (TPSA) is 70.4 Å². The Bertz CT molecular complexity index is 706. The Labute approximate surface area is 139 Å². The molecular weight excluding hydrogens is 311 g/mol. The maximum atomic E-state index is 12.9. The van der Waals surface area contributed by atoms with E-state index in [9.17, 15) is 14.3 Å². The summed E-state index contributed by atoms with van der Waals surface area (Å²) in [4.78, 5) is 18.3. The summed E-state index contributed by atoms with van der Waals surface area (Å²) in [6.07, 6.45) is 4.55. The highest BCUT2D eigenvalue weighted by molar-refractivity contribution is 5.92. The van der Waals surface area contributed by atoms with Gasteiger partial charge in [-0.05, 0) is 37.1 Å². The smallest absolute Gasteiger partial charge is 0.238 e. The fraction of sp³-hybridized carbons (Fsp3) is 0.412. The first-order valence-corrected chi connectivity index (χ1v) is 7.94. The molecule has 2 heterocycles. The van der Waals surface area contributed by atoms with E-state index < -0.39 is 5.60 Å². The third-order valence-electron chi connectivity index (χ3n) is 4.42. The molecule has 0 bridgehead atoms. The predicted molar refractivity (Wildman–Crippen MR) is 87.8 cm³/mol. The summed E-state index contributed by atoms with van der Waals surface area (Å²) in [6, 6.07) is 5.68. The van der Waals surface area contributed by atoms with Crippen molar-refractivity contribution < 1.29 is 14.3 Å². The third kappa shape index (κ3) is 3.63. The van der Waals surface area contributed by atoms with Crippen molar-refractivity contribution in [1.29, 1.82) is 0 Å². The van der Waals surface area contributed by atoms with Crippen LogP contribution in [-0.2, 0) is 17.4 Å². The molecule has 0 unspecified atom stereocenters. The molecule has 1 aromatic heterocycles. The van der Waals surface area contributed by atoms with Crippen LogP contribution in [0.25, 0.3) is 0 Å². The molecule has 6 nitrogen and oxygen atoms in total. The number of aromatic nitrogens is 2. The predicted octanol–water partition coefficient (Wildman–Crippen LogP) is 1.48. The first-order chi connectivity index (χ1) is 11.5. The van der Waals surface area contributed by atoms with E-state index in [0.29, 0.717) is 37.4 Å². The Morgan fingerprint density at radius 1 is 1.33 bits per heavy atom. The normalized spacial score (nSPS) is 17.6. The van der Waals surface area contributed by atoms with Crippen LogP contribution in [0.5, 0.6) is 0 Å². The molecule has 2 N–H and O–H groups in total. The number of carbonyl (C=O) groups is 1. The molecule has 1 saturated heterocycles. The molecule has 1 aliphatic rings. The average Bonchev–Trinajstić information content (AvgIpc) is 2.99. The van der Waals surface area contributed by atoms with E-state index in [1.165, 1.54) is 24.3 Å². The van der Waals surface area contributed by atoms with Crippen LogP contribution in [0.4, 0.5) is 10.1 Å².